The highest BCUT2D eigenvalue weighted by atomic mass is 35.5. The van der Waals surface area contributed by atoms with E-state index in [1.54, 1.807) is 48.7 Å². The zero-order valence-corrected chi connectivity index (χ0v) is 16.3. The number of nitrogens with one attached hydrogen (secondary N) is 1. The summed E-state index contributed by atoms with van der Waals surface area (Å²) in [4.78, 5) is 18.9. The van der Waals surface area contributed by atoms with E-state index in [-0.39, 0.29) is 11.0 Å². The monoisotopic (exact) mass is 415 g/mol. The second kappa shape index (κ2) is 6.95. The number of hydrogen-bond acceptors (Lipinski definition) is 5. The summed E-state index contributed by atoms with van der Waals surface area (Å²) in [6, 6.07) is 11.9. The molecule has 0 saturated heterocycles. The van der Waals surface area contributed by atoms with Gasteiger partial charge in [-0.1, -0.05) is 23.7 Å². The molecular weight excluding hydrogens is 401 g/mol. The van der Waals surface area contributed by atoms with Crippen molar-refractivity contribution in [2.24, 2.45) is 5.73 Å². The van der Waals surface area contributed by atoms with Crippen LogP contribution in [0.3, 0.4) is 0 Å². The number of aromatic nitrogens is 2. The lowest BCUT2D eigenvalue weighted by atomic mass is 10.2. The normalized spacial score (nSPS) is 13.5. The molecule has 0 fully saturated rings. The number of benzene rings is 2. The van der Waals surface area contributed by atoms with Crippen molar-refractivity contribution in [3.63, 3.8) is 0 Å². The molecule has 0 radical (unpaired) electrons. The van der Waals surface area contributed by atoms with Gasteiger partial charge in [-0.3, -0.25) is 9.36 Å². The molecule has 4 rings (SSSR count). The molecule has 0 aliphatic heterocycles. The first-order chi connectivity index (χ1) is 13.4. The second-order valence-electron chi connectivity index (χ2n) is 6.05. The van der Waals surface area contributed by atoms with Gasteiger partial charge in [-0.15, -0.1) is 0 Å². The number of hydrogen-bond donors (Lipinski definition) is 2. The van der Waals surface area contributed by atoms with Crippen LogP contribution in [0.15, 0.2) is 59.5 Å². The number of fused-ring (bicyclic) bond motifs is 1. The third kappa shape index (κ3) is 2.94. The highest BCUT2D eigenvalue weighted by Crippen LogP contribution is 2.47. The highest BCUT2D eigenvalue weighted by Gasteiger charge is 2.35. The lowest BCUT2D eigenvalue weighted by molar-refractivity contribution is 0.0997. The predicted molar refractivity (Wildman–Crippen MR) is 108 cm³/mol. The number of carbonyl (C=O) groups excluding carboxylic acids is 1. The molecule has 9 heteroatoms. The molecular formula is C19H15ClN3O4P. The molecule has 0 spiro atoms. The van der Waals surface area contributed by atoms with E-state index < -0.39 is 13.3 Å². The first kappa shape index (κ1) is 18.5. The minimum Gasteiger partial charge on any atom is -0.444 e. The fourth-order valence-corrected chi connectivity index (χ4v) is 5.54. The number of oxazole rings is 1. The van der Waals surface area contributed by atoms with Gasteiger partial charge < -0.3 is 19.7 Å². The molecule has 142 valence electrons. The number of nitrogens with two attached hydrogens (primary N) is 1. The molecule has 4 aromatic rings. The number of nitrogens with zero attached hydrogens (tertiary/aromatic N) is 1. The first-order valence-electron chi connectivity index (χ1n) is 8.21. The molecule has 0 saturated carbocycles. The number of primary amides is 1. The van der Waals surface area contributed by atoms with E-state index in [0.717, 1.165) is 0 Å². The molecule has 2 aromatic carbocycles. The van der Waals surface area contributed by atoms with Gasteiger partial charge in [0.25, 0.3) is 13.3 Å². The van der Waals surface area contributed by atoms with Crippen LogP contribution in [0.25, 0.3) is 22.2 Å². The summed E-state index contributed by atoms with van der Waals surface area (Å²) in [5, 5.41) is 1.51. The minimum atomic E-state index is -3.70. The van der Waals surface area contributed by atoms with Gasteiger partial charge in [-0.2, -0.15) is 0 Å². The van der Waals surface area contributed by atoms with Crippen LogP contribution in [0.4, 0.5) is 0 Å². The van der Waals surface area contributed by atoms with Crippen LogP contribution in [-0.4, -0.2) is 23.0 Å². The fourth-order valence-electron chi connectivity index (χ4n) is 3.16. The Balaban J connectivity index is 2.00. The molecule has 2 heterocycles. The average Bonchev–Trinajstić information content (AvgIpc) is 3.35. The third-order valence-electron chi connectivity index (χ3n) is 4.43. The van der Waals surface area contributed by atoms with E-state index in [4.69, 9.17) is 26.3 Å². The molecule has 0 aliphatic carbocycles. The van der Waals surface area contributed by atoms with Crippen LogP contribution in [0.1, 0.15) is 10.5 Å². The van der Waals surface area contributed by atoms with Crippen LogP contribution in [0, 0.1) is 0 Å². The summed E-state index contributed by atoms with van der Waals surface area (Å²) >= 11 is 6.13. The van der Waals surface area contributed by atoms with Crippen LogP contribution in [0.5, 0.6) is 0 Å². The predicted octanol–water partition coefficient (Wildman–Crippen LogP) is 3.45. The molecule has 3 N–H and O–H groups in total. The maximum absolute atomic E-state index is 14.1. The summed E-state index contributed by atoms with van der Waals surface area (Å²) in [6.45, 7) is 0. The van der Waals surface area contributed by atoms with Crippen molar-refractivity contribution in [3.8, 4) is 11.3 Å². The number of rotatable bonds is 5. The van der Waals surface area contributed by atoms with Crippen molar-refractivity contribution in [3.05, 3.63) is 65.8 Å². The van der Waals surface area contributed by atoms with Crippen LogP contribution in [0.2, 0.25) is 5.02 Å². The number of aromatic amines is 1. The van der Waals surface area contributed by atoms with Gasteiger partial charge in [-0.25, -0.2) is 4.98 Å². The summed E-state index contributed by atoms with van der Waals surface area (Å²) in [5.41, 5.74) is 6.82. The standard InChI is InChI=1S/C19H15ClN3O4P/c1-26-28(25,13-4-2-3-11(7-13)16-9-22-10-27-16)18-14-8-12(20)5-6-15(14)23-17(18)19(21)24/h2-10,23H,1H3,(H2,21,24). The van der Waals surface area contributed by atoms with Crippen LogP contribution < -0.4 is 16.3 Å². The van der Waals surface area contributed by atoms with E-state index in [1.807, 2.05) is 0 Å². The number of carbonyl (C=O) groups is 1. The fraction of sp³-hybridized carbons (Fsp3) is 0.0526. The molecule has 0 aliphatic rings. The van der Waals surface area contributed by atoms with Gasteiger partial charge in [0.15, 0.2) is 12.2 Å². The molecule has 0 bridgehead atoms. The molecule has 1 atom stereocenters. The van der Waals surface area contributed by atoms with Crippen LogP contribution >= 0.6 is 19.0 Å². The Kier molecular flexibility index (Phi) is 4.59. The first-order valence-corrected chi connectivity index (χ1v) is 10.2. The van der Waals surface area contributed by atoms with Crippen molar-refractivity contribution >= 4 is 46.4 Å². The lowest BCUT2D eigenvalue weighted by Gasteiger charge is -2.18. The van der Waals surface area contributed by atoms with Crippen LogP contribution in [-0.2, 0) is 9.09 Å². The number of H-pyrrole nitrogens is 1. The Bertz CT molecular complexity index is 1230. The molecule has 7 nitrogen and oxygen atoms in total. The molecule has 28 heavy (non-hydrogen) atoms. The summed E-state index contributed by atoms with van der Waals surface area (Å²) in [5.74, 6) is -0.229. The quantitative estimate of drug-likeness (QED) is 0.485. The van der Waals surface area contributed by atoms with E-state index in [0.29, 0.717) is 32.6 Å². The Morgan fingerprint density at radius 3 is 2.79 bits per heavy atom. The minimum absolute atomic E-state index is 0.0209. The third-order valence-corrected chi connectivity index (χ3v) is 7.19. The van der Waals surface area contributed by atoms with Crippen molar-refractivity contribution in [2.45, 2.75) is 0 Å². The Labute approximate surface area is 164 Å². The van der Waals surface area contributed by atoms with Gasteiger partial charge in [0.2, 0.25) is 0 Å². The van der Waals surface area contributed by atoms with Gasteiger partial charge in [0.1, 0.15) is 5.69 Å². The van der Waals surface area contributed by atoms with Gasteiger partial charge in [0, 0.05) is 33.9 Å². The zero-order valence-electron chi connectivity index (χ0n) is 14.7. The largest absolute Gasteiger partial charge is 0.444 e. The number of amides is 1. The van der Waals surface area contributed by atoms with Crippen molar-refractivity contribution in [1.29, 1.82) is 0 Å². The Morgan fingerprint density at radius 1 is 1.29 bits per heavy atom. The Morgan fingerprint density at radius 2 is 2.11 bits per heavy atom. The second-order valence-corrected chi connectivity index (χ2v) is 8.92. The van der Waals surface area contributed by atoms with Gasteiger partial charge >= 0.3 is 0 Å². The van der Waals surface area contributed by atoms with E-state index >= 15 is 0 Å². The van der Waals surface area contributed by atoms with Crippen molar-refractivity contribution in [1.82, 2.24) is 9.97 Å². The van der Waals surface area contributed by atoms with E-state index in [9.17, 15) is 9.36 Å². The van der Waals surface area contributed by atoms with Crippen molar-refractivity contribution in [2.75, 3.05) is 7.11 Å². The maximum Gasteiger partial charge on any atom is 0.266 e. The molecule has 1 amide bonds. The van der Waals surface area contributed by atoms with E-state index in [2.05, 4.69) is 9.97 Å². The topological polar surface area (TPSA) is 111 Å². The zero-order chi connectivity index (χ0) is 19.9. The summed E-state index contributed by atoms with van der Waals surface area (Å²) in [6.07, 6.45) is 2.86. The lowest BCUT2D eigenvalue weighted by Crippen LogP contribution is -2.25. The summed E-state index contributed by atoms with van der Waals surface area (Å²) in [7, 11) is -2.37. The summed E-state index contributed by atoms with van der Waals surface area (Å²) < 4.78 is 24.9. The van der Waals surface area contributed by atoms with E-state index in [1.165, 1.54) is 13.5 Å². The Hall–Kier alpha value is -2.86. The molecule has 2 aromatic heterocycles. The van der Waals surface area contributed by atoms with Crippen molar-refractivity contribution < 1.29 is 18.3 Å². The highest BCUT2D eigenvalue weighted by molar-refractivity contribution is 7.75. The van der Waals surface area contributed by atoms with Gasteiger partial charge in [0.05, 0.1) is 11.5 Å². The molecule has 1 unspecified atom stereocenters. The number of halogens is 1. The van der Waals surface area contributed by atoms with Gasteiger partial charge in [-0.05, 0) is 30.3 Å². The SMILES string of the molecule is COP(=O)(c1cccc(-c2cnco2)c1)c1c(C(N)=O)[nH]c2ccc(Cl)cc12. The average molecular weight is 416 g/mol. The smallest absolute Gasteiger partial charge is 0.266 e. The maximum atomic E-state index is 14.1.